The first kappa shape index (κ1) is 13.9. The fourth-order valence-electron chi connectivity index (χ4n) is 2.46. The number of carbonyl (C=O) groups excluding carboxylic acids is 2. The Balaban J connectivity index is 1.62. The van der Waals surface area contributed by atoms with Crippen LogP contribution < -0.4 is 4.90 Å². The minimum Gasteiger partial charge on any atom is -0.311 e. The number of fused-ring (bicyclic) bond motifs is 1. The lowest BCUT2D eigenvalue weighted by atomic mass is 10.2. The average Bonchev–Trinajstić information content (AvgIpc) is 2.97. The summed E-state index contributed by atoms with van der Waals surface area (Å²) in [5.41, 5.74) is 2.82. The Hall–Kier alpha value is -2.07. The van der Waals surface area contributed by atoms with Crippen molar-refractivity contribution in [3.05, 3.63) is 65.7 Å². The van der Waals surface area contributed by atoms with Gasteiger partial charge in [-0.25, -0.2) is 0 Å². The molecule has 0 bridgehead atoms. The third-order valence-corrected chi connectivity index (χ3v) is 4.41. The maximum Gasteiger partial charge on any atom is 0.237 e. The number of para-hydroxylation sites is 1. The Kier molecular flexibility index (Phi) is 4.06. The van der Waals surface area contributed by atoms with Crippen LogP contribution >= 0.6 is 11.8 Å². The summed E-state index contributed by atoms with van der Waals surface area (Å²) in [6.45, 7) is 0.707. The van der Waals surface area contributed by atoms with Crippen molar-refractivity contribution in [2.45, 2.75) is 6.42 Å². The third kappa shape index (κ3) is 3.00. The Bertz CT molecular complexity index is 670. The maximum absolute atomic E-state index is 12.3. The van der Waals surface area contributed by atoms with E-state index in [9.17, 15) is 9.59 Å². The standard InChI is InChI=1S/C17H15NO2S/c19-16(12-21-17(20)14-7-2-1-3-8-14)18-11-10-13-6-4-5-9-15(13)18/h1-9H,10-12H2. The second-order valence-electron chi connectivity index (χ2n) is 4.87. The van der Waals surface area contributed by atoms with Crippen LogP contribution in [-0.4, -0.2) is 23.3 Å². The number of carbonyl (C=O) groups is 2. The summed E-state index contributed by atoms with van der Waals surface area (Å²) < 4.78 is 0. The molecule has 106 valence electrons. The zero-order chi connectivity index (χ0) is 14.7. The minimum atomic E-state index is -0.0589. The number of amides is 1. The SMILES string of the molecule is O=C(SCC(=O)N1CCc2ccccc21)c1ccccc1. The molecule has 1 aliphatic rings. The van der Waals surface area contributed by atoms with Crippen LogP contribution in [0, 0.1) is 0 Å². The Morgan fingerprint density at radius 1 is 1.00 bits per heavy atom. The number of thioether (sulfide) groups is 1. The Labute approximate surface area is 128 Å². The van der Waals surface area contributed by atoms with Crippen LogP contribution in [0.15, 0.2) is 54.6 Å². The molecule has 0 aromatic heterocycles. The molecule has 0 unspecified atom stereocenters. The van der Waals surface area contributed by atoms with Crippen LogP contribution in [0.25, 0.3) is 0 Å². The predicted molar refractivity (Wildman–Crippen MR) is 85.7 cm³/mol. The van der Waals surface area contributed by atoms with Crippen LogP contribution in [0.3, 0.4) is 0 Å². The van der Waals surface area contributed by atoms with Crippen LogP contribution in [-0.2, 0) is 11.2 Å². The molecule has 2 aromatic carbocycles. The van der Waals surface area contributed by atoms with E-state index in [4.69, 9.17) is 0 Å². The summed E-state index contributed by atoms with van der Waals surface area (Å²) in [5.74, 6) is 0.177. The van der Waals surface area contributed by atoms with E-state index in [0.717, 1.165) is 23.9 Å². The van der Waals surface area contributed by atoms with Gasteiger partial charge in [-0.2, -0.15) is 0 Å². The number of benzene rings is 2. The highest BCUT2D eigenvalue weighted by atomic mass is 32.2. The van der Waals surface area contributed by atoms with Gasteiger partial charge in [0.15, 0.2) is 0 Å². The summed E-state index contributed by atoms with van der Waals surface area (Å²) >= 11 is 1.07. The van der Waals surface area contributed by atoms with E-state index in [-0.39, 0.29) is 16.8 Å². The van der Waals surface area contributed by atoms with Gasteiger partial charge >= 0.3 is 0 Å². The van der Waals surface area contributed by atoms with Crippen molar-refractivity contribution < 1.29 is 9.59 Å². The molecule has 3 rings (SSSR count). The molecule has 0 N–H and O–H groups in total. The van der Waals surface area contributed by atoms with Crippen LogP contribution in [0.2, 0.25) is 0 Å². The van der Waals surface area contributed by atoms with Gasteiger partial charge in [-0.1, -0.05) is 60.3 Å². The fraction of sp³-hybridized carbons (Fsp3) is 0.176. The highest BCUT2D eigenvalue weighted by Crippen LogP contribution is 2.28. The topological polar surface area (TPSA) is 37.4 Å². The van der Waals surface area contributed by atoms with E-state index in [2.05, 4.69) is 0 Å². The quantitative estimate of drug-likeness (QED) is 0.873. The van der Waals surface area contributed by atoms with E-state index >= 15 is 0 Å². The summed E-state index contributed by atoms with van der Waals surface area (Å²) in [5, 5.41) is -0.0589. The largest absolute Gasteiger partial charge is 0.311 e. The smallest absolute Gasteiger partial charge is 0.237 e. The lowest BCUT2D eigenvalue weighted by Gasteiger charge is -2.16. The lowest BCUT2D eigenvalue weighted by molar-refractivity contribution is -0.116. The minimum absolute atomic E-state index is 0.00534. The molecule has 0 saturated heterocycles. The molecule has 0 aliphatic carbocycles. The normalized spacial score (nSPS) is 13.0. The molecular weight excluding hydrogens is 282 g/mol. The summed E-state index contributed by atoms with van der Waals surface area (Å²) in [4.78, 5) is 26.1. The Morgan fingerprint density at radius 2 is 1.71 bits per heavy atom. The van der Waals surface area contributed by atoms with E-state index in [1.807, 2.05) is 42.5 Å². The zero-order valence-electron chi connectivity index (χ0n) is 11.5. The van der Waals surface area contributed by atoms with Gasteiger partial charge in [-0.15, -0.1) is 0 Å². The molecule has 1 heterocycles. The summed E-state index contributed by atoms with van der Waals surface area (Å²) in [6, 6.07) is 17.0. The van der Waals surface area contributed by atoms with E-state index < -0.39 is 0 Å². The molecule has 3 nitrogen and oxygen atoms in total. The highest BCUT2D eigenvalue weighted by Gasteiger charge is 2.24. The van der Waals surface area contributed by atoms with Gasteiger partial charge in [-0.05, 0) is 18.1 Å². The number of hydrogen-bond acceptors (Lipinski definition) is 3. The average molecular weight is 297 g/mol. The van der Waals surface area contributed by atoms with Crippen molar-refractivity contribution in [3.63, 3.8) is 0 Å². The fourth-order valence-corrected chi connectivity index (χ4v) is 3.17. The van der Waals surface area contributed by atoms with E-state index in [1.54, 1.807) is 17.0 Å². The lowest BCUT2D eigenvalue weighted by Crippen LogP contribution is -2.30. The molecule has 1 amide bonds. The highest BCUT2D eigenvalue weighted by molar-refractivity contribution is 8.14. The van der Waals surface area contributed by atoms with Crippen molar-refractivity contribution in [2.75, 3.05) is 17.2 Å². The third-order valence-electron chi connectivity index (χ3n) is 3.52. The van der Waals surface area contributed by atoms with Gasteiger partial charge in [0.05, 0.1) is 5.75 Å². The van der Waals surface area contributed by atoms with Crippen molar-refractivity contribution in [3.8, 4) is 0 Å². The molecule has 4 heteroatoms. The number of hydrogen-bond donors (Lipinski definition) is 0. The van der Waals surface area contributed by atoms with Gasteiger partial charge < -0.3 is 4.90 Å². The summed E-state index contributed by atoms with van der Waals surface area (Å²) in [7, 11) is 0. The van der Waals surface area contributed by atoms with Gasteiger partial charge in [0.2, 0.25) is 11.0 Å². The number of rotatable bonds is 3. The van der Waals surface area contributed by atoms with Crippen LogP contribution in [0.4, 0.5) is 5.69 Å². The number of nitrogens with zero attached hydrogens (tertiary/aromatic N) is 1. The van der Waals surface area contributed by atoms with Crippen LogP contribution in [0.1, 0.15) is 15.9 Å². The molecule has 0 spiro atoms. The van der Waals surface area contributed by atoms with Gasteiger partial charge in [0, 0.05) is 17.8 Å². The second kappa shape index (κ2) is 6.14. The zero-order valence-corrected chi connectivity index (χ0v) is 12.3. The molecule has 0 saturated carbocycles. The Morgan fingerprint density at radius 3 is 2.52 bits per heavy atom. The molecule has 0 fully saturated rings. The first-order chi connectivity index (χ1) is 10.3. The van der Waals surface area contributed by atoms with Gasteiger partial charge in [-0.3, -0.25) is 9.59 Å². The first-order valence-corrected chi connectivity index (χ1v) is 7.85. The van der Waals surface area contributed by atoms with Crippen molar-refractivity contribution >= 4 is 28.5 Å². The van der Waals surface area contributed by atoms with Crippen molar-refractivity contribution in [1.82, 2.24) is 0 Å². The summed E-state index contributed by atoms with van der Waals surface area (Å²) in [6.07, 6.45) is 0.888. The van der Waals surface area contributed by atoms with Crippen LogP contribution in [0.5, 0.6) is 0 Å². The molecule has 0 atom stereocenters. The van der Waals surface area contributed by atoms with E-state index in [0.29, 0.717) is 12.1 Å². The van der Waals surface area contributed by atoms with E-state index in [1.165, 1.54) is 5.56 Å². The van der Waals surface area contributed by atoms with Crippen molar-refractivity contribution in [2.24, 2.45) is 0 Å². The number of anilines is 1. The molecule has 0 radical (unpaired) electrons. The second-order valence-corrected chi connectivity index (χ2v) is 5.81. The van der Waals surface area contributed by atoms with Gasteiger partial charge in [0.25, 0.3) is 0 Å². The maximum atomic E-state index is 12.3. The first-order valence-electron chi connectivity index (χ1n) is 6.86. The molecular formula is C17H15NO2S. The molecule has 2 aromatic rings. The van der Waals surface area contributed by atoms with Gasteiger partial charge in [0.1, 0.15) is 0 Å². The molecule has 21 heavy (non-hydrogen) atoms. The van der Waals surface area contributed by atoms with Crippen molar-refractivity contribution in [1.29, 1.82) is 0 Å². The monoisotopic (exact) mass is 297 g/mol. The molecule has 1 aliphatic heterocycles. The predicted octanol–water partition coefficient (Wildman–Crippen LogP) is 3.15.